The van der Waals surface area contributed by atoms with Crippen molar-refractivity contribution in [2.24, 2.45) is 0 Å². The number of imidazole rings is 1. The molecule has 0 radical (unpaired) electrons. The fourth-order valence-electron chi connectivity index (χ4n) is 7.61. The van der Waals surface area contributed by atoms with Gasteiger partial charge in [-0.15, -0.1) is 0 Å². The number of ether oxygens (including phenoxy) is 2. The second-order valence-corrected chi connectivity index (χ2v) is 13.4. The molecule has 12 nitrogen and oxygen atoms in total. The van der Waals surface area contributed by atoms with Crippen molar-refractivity contribution in [1.82, 2.24) is 19.5 Å². The Kier molecular flexibility index (Phi) is 9.12. The number of benzene rings is 3. The summed E-state index contributed by atoms with van der Waals surface area (Å²) >= 11 is 0. The topological polar surface area (TPSA) is 138 Å². The van der Waals surface area contributed by atoms with Crippen LogP contribution >= 0.6 is 0 Å². The summed E-state index contributed by atoms with van der Waals surface area (Å²) in [7, 11) is 0. The summed E-state index contributed by atoms with van der Waals surface area (Å²) in [5.74, 6) is -2.27. The van der Waals surface area contributed by atoms with Crippen LogP contribution < -0.4 is 15.1 Å². The van der Waals surface area contributed by atoms with E-state index < -0.39 is 43.3 Å². The Morgan fingerprint density at radius 1 is 0.943 bits per heavy atom. The summed E-state index contributed by atoms with van der Waals surface area (Å²) in [6.45, 7) is 0.789. The highest BCUT2D eigenvalue weighted by Gasteiger charge is 2.52. The summed E-state index contributed by atoms with van der Waals surface area (Å²) in [6.07, 6.45) is -9.77. The smallest absolute Gasteiger partial charge is 0.448 e. The maximum Gasteiger partial charge on any atom is 0.490 e. The number of nitrogens with zero attached hydrogens (tertiary/aromatic N) is 6. The highest BCUT2D eigenvalue weighted by Crippen LogP contribution is 2.40. The first kappa shape index (κ1) is 34.7. The molecule has 6 atom stereocenters. The predicted octanol–water partition coefficient (Wildman–Crippen LogP) is 4.40. The fraction of sp³-hybridized carbons (Fsp3) is 0.351. The van der Waals surface area contributed by atoms with E-state index >= 15 is 0 Å². The summed E-state index contributed by atoms with van der Waals surface area (Å²) in [4.78, 5) is 30.6. The van der Waals surface area contributed by atoms with Crippen LogP contribution in [0.5, 0.6) is 0 Å². The van der Waals surface area contributed by atoms with Crippen molar-refractivity contribution < 1.29 is 42.0 Å². The number of aromatic nitrogens is 4. The zero-order chi connectivity index (χ0) is 36.9. The number of hydrogen-bond acceptors (Lipinski definition) is 11. The minimum absolute atomic E-state index is 0.0167. The van der Waals surface area contributed by atoms with E-state index in [4.69, 9.17) is 19.4 Å². The maximum atomic E-state index is 13.7. The number of piperazine rings is 1. The predicted molar refractivity (Wildman–Crippen MR) is 185 cm³/mol. The third-order valence-electron chi connectivity index (χ3n) is 10.2. The van der Waals surface area contributed by atoms with Crippen LogP contribution in [0.4, 0.5) is 35.0 Å². The lowest BCUT2D eigenvalue weighted by molar-refractivity contribution is -0.211. The molecular weight excluding hydrogens is 698 g/mol. The highest BCUT2D eigenvalue weighted by molar-refractivity contribution is 5.85. The van der Waals surface area contributed by atoms with Gasteiger partial charge < -0.3 is 34.8 Å². The van der Waals surface area contributed by atoms with E-state index in [1.807, 2.05) is 60.7 Å². The van der Waals surface area contributed by atoms with Crippen molar-refractivity contribution in [3.8, 4) is 0 Å². The number of carbonyl (C=O) groups excluding carboxylic acids is 1. The molecule has 3 aliphatic rings. The molecule has 2 bridgehead atoms. The molecule has 3 fully saturated rings. The zero-order valence-electron chi connectivity index (χ0n) is 28.1. The number of halogens is 4. The van der Waals surface area contributed by atoms with Gasteiger partial charge in [0.15, 0.2) is 29.3 Å². The first-order valence-corrected chi connectivity index (χ1v) is 17.2. The number of aliphatic hydroxyl groups is 2. The van der Waals surface area contributed by atoms with E-state index in [0.29, 0.717) is 31.4 Å². The van der Waals surface area contributed by atoms with Crippen molar-refractivity contribution in [2.45, 2.75) is 55.1 Å². The molecule has 3 saturated heterocycles. The van der Waals surface area contributed by atoms with E-state index in [9.17, 15) is 32.6 Å². The van der Waals surface area contributed by atoms with Crippen molar-refractivity contribution in [3.05, 3.63) is 108 Å². The molecule has 0 unspecified atom stereocenters. The number of rotatable bonds is 10. The van der Waals surface area contributed by atoms with E-state index in [2.05, 4.69) is 20.1 Å². The number of anilines is 3. The summed E-state index contributed by atoms with van der Waals surface area (Å²) in [5.41, 5.74) is 3.42. The molecule has 0 aliphatic carbocycles. The highest BCUT2D eigenvalue weighted by atomic mass is 19.4. The summed E-state index contributed by atoms with van der Waals surface area (Å²) in [6, 6.07) is 26.3. The van der Waals surface area contributed by atoms with Gasteiger partial charge in [0.25, 0.3) is 0 Å². The summed E-state index contributed by atoms with van der Waals surface area (Å²) in [5, 5.41) is 24.1. The largest absolute Gasteiger partial charge is 0.490 e. The molecule has 3 aromatic carbocycles. The number of aliphatic hydroxyl groups excluding tert-OH is 2. The van der Waals surface area contributed by atoms with E-state index in [1.165, 1.54) is 23.0 Å². The van der Waals surface area contributed by atoms with Crippen LogP contribution in [-0.4, -0.2) is 98.5 Å². The number of hydrogen-bond donors (Lipinski definition) is 3. The van der Waals surface area contributed by atoms with Gasteiger partial charge in [-0.2, -0.15) is 23.1 Å². The van der Waals surface area contributed by atoms with Crippen LogP contribution in [0.2, 0.25) is 0 Å². The van der Waals surface area contributed by atoms with Gasteiger partial charge in [0, 0.05) is 37.3 Å². The molecule has 276 valence electrons. The minimum Gasteiger partial charge on any atom is -0.448 e. The maximum absolute atomic E-state index is 13.7. The lowest BCUT2D eigenvalue weighted by atomic mass is 9.91. The first-order valence-electron chi connectivity index (χ1n) is 17.2. The second-order valence-electron chi connectivity index (χ2n) is 13.4. The minimum atomic E-state index is -5.34. The number of esters is 1. The standard InChI is InChI=1S/C37H35F4N7O5/c38-23-11-13-24(14-12-23)46-17-26-15-25(46)18-47(26)36-44-32(42-16-27(21-7-3-1-4-8-21)22-9-5-2-6-10-22)29-33(45-36)48(20-43-29)34-31(30(50)28(19-49)52-34)53-35(51)37(39,40)41/h1-14,20,25-28,30-31,34,49-50H,15-19H2,(H,42,44,45)/t25-,26-,28+,30+,31+,34+/m0/s1. The molecular formula is C37H35F4N7O5. The molecule has 0 amide bonds. The van der Waals surface area contributed by atoms with Crippen LogP contribution in [0.15, 0.2) is 91.3 Å². The Morgan fingerprint density at radius 2 is 1.58 bits per heavy atom. The van der Waals surface area contributed by atoms with Crippen molar-refractivity contribution >= 4 is 34.6 Å². The monoisotopic (exact) mass is 733 g/mol. The molecule has 5 heterocycles. The fourth-order valence-corrected chi connectivity index (χ4v) is 7.61. The van der Waals surface area contributed by atoms with Gasteiger partial charge in [0.1, 0.15) is 18.0 Å². The van der Waals surface area contributed by atoms with Crippen molar-refractivity contribution in [3.63, 3.8) is 0 Å². The van der Waals surface area contributed by atoms with E-state index in [0.717, 1.165) is 23.2 Å². The normalized spacial score (nSPS) is 24.1. The van der Waals surface area contributed by atoms with Gasteiger partial charge in [0.2, 0.25) is 5.95 Å². The van der Waals surface area contributed by atoms with Crippen LogP contribution in [0, 0.1) is 5.82 Å². The molecule has 8 rings (SSSR count). The molecule has 3 aliphatic heterocycles. The molecule has 5 aromatic rings. The van der Waals surface area contributed by atoms with E-state index in [1.54, 1.807) is 12.1 Å². The molecule has 16 heteroatoms. The lowest BCUT2D eigenvalue weighted by Gasteiger charge is -2.35. The zero-order valence-corrected chi connectivity index (χ0v) is 28.1. The van der Waals surface area contributed by atoms with Crippen LogP contribution in [0.1, 0.15) is 29.7 Å². The van der Waals surface area contributed by atoms with E-state index in [-0.39, 0.29) is 35.0 Å². The Hall–Kier alpha value is -5.32. The Labute approximate surface area is 300 Å². The molecule has 3 N–H and O–H groups in total. The van der Waals surface area contributed by atoms with Crippen molar-refractivity contribution in [1.29, 1.82) is 0 Å². The van der Waals surface area contributed by atoms with Gasteiger partial charge in [-0.05, 0) is 41.8 Å². The van der Waals surface area contributed by atoms with Crippen LogP contribution in [0.3, 0.4) is 0 Å². The SMILES string of the molecule is O=C(O[C@@H]1[C@H](O)[C@@H](CO)O[C@H]1n1cnc2c(NCC(c3ccccc3)c3ccccc3)nc(N3C[C@@H]4C[C@H]3CN4c3ccc(F)cc3)nc21)C(F)(F)F. The third kappa shape index (κ3) is 6.62. The number of carbonyl (C=O) groups is 1. The Bertz CT molecular complexity index is 2030. The number of alkyl halides is 3. The third-order valence-corrected chi connectivity index (χ3v) is 10.2. The van der Waals surface area contributed by atoms with Gasteiger partial charge in [-0.25, -0.2) is 14.2 Å². The van der Waals surface area contributed by atoms with Gasteiger partial charge in [0.05, 0.1) is 19.0 Å². The van der Waals surface area contributed by atoms with Gasteiger partial charge >= 0.3 is 12.1 Å². The van der Waals surface area contributed by atoms with Gasteiger partial charge in [-0.1, -0.05) is 60.7 Å². The average molecular weight is 734 g/mol. The quantitative estimate of drug-likeness (QED) is 0.139. The first-order chi connectivity index (χ1) is 25.6. The summed E-state index contributed by atoms with van der Waals surface area (Å²) < 4.78 is 65.4. The molecule has 2 aromatic heterocycles. The Morgan fingerprint density at radius 3 is 2.19 bits per heavy atom. The lowest BCUT2D eigenvalue weighted by Crippen LogP contribution is -2.47. The van der Waals surface area contributed by atoms with Gasteiger partial charge in [-0.3, -0.25) is 4.57 Å². The Balaban J connectivity index is 1.17. The van der Waals surface area contributed by atoms with Crippen molar-refractivity contribution in [2.75, 3.05) is 41.4 Å². The number of nitrogens with one attached hydrogen (secondary N) is 1. The van der Waals surface area contributed by atoms with Crippen LogP contribution in [0.25, 0.3) is 11.2 Å². The second kappa shape index (κ2) is 13.9. The van der Waals surface area contributed by atoms with Crippen LogP contribution in [-0.2, 0) is 14.3 Å². The molecule has 0 spiro atoms. The average Bonchev–Trinajstić information content (AvgIpc) is 3.95. The molecule has 53 heavy (non-hydrogen) atoms. The number of fused-ring (bicyclic) bond motifs is 3. The molecule has 0 saturated carbocycles.